The summed E-state index contributed by atoms with van der Waals surface area (Å²) in [6.07, 6.45) is 51.0. The molecule has 75 heavy (non-hydrogen) atoms. The Labute approximate surface area is 467 Å². The highest BCUT2D eigenvalue weighted by Crippen LogP contribution is 2.16. The first-order chi connectivity index (χ1) is 36.1. The van der Waals surface area contributed by atoms with Crippen LogP contribution in [0.2, 0.25) is 0 Å². The van der Waals surface area contributed by atoms with Gasteiger partial charge in [0.05, 0.1) is 26.2 Å². The molecule has 0 aromatic rings. The lowest BCUT2D eigenvalue weighted by Crippen LogP contribution is -2.53. The smallest absolute Gasteiger partial charge is 0.134 e. The number of hydrogen-bond donors (Lipinski definition) is 6. The van der Waals surface area contributed by atoms with Crippen molar-refractivity contribution in [1.82, 2.24) is 16.0 Å². The van der Waals surface area contributed by atoms with E-state index in [0.717, 1.165) is 57.8 Å². The van der Waals surface area contributed by atoms with Crippen LogP contribution in [0.3, 0.4) is 0 Å². The molecule has 0 aliphatic rings. The number of unbranched alkanes of at least 4 members (excludes halogenated alkanes) is 32. The fourth-order valence-corrected chi connectivity index (χ4v) is 8.26. The van der Waals surface area contributed by atoms with Gasteiger partial charge in [-0.15, -0.1) is 0 Å². The van der Waals surface area contributed by atoms with Gasteiger partial charge >= 0.3 is 0 Å². The van der Waals surface area contributed by atoms with Gasteiger partial charge in [0.15, 0.2) is 0 Å². The van der Waals surface area contributed by atoms with E-state index in [1.165, 1.54) is 231 Å². The van der Waals surface area contributed by atoms with Crippen molar-refractivity contribution in [2.75, 3.05) is 46.4 Å². The average molecular weight is 1080 g/mol. The molecule has 0 rings (SSSR count). The molecular formula is C62H136N6O7. The SMILES string of the molecule is CC(C)(C)NC(=O)[O-].CCCCC(CC)CNC(=O)[O-].CCCCC(CC)C[NH3+].CCCCCCCCCCCCCCCCCCNC(=O)[O-].CCCCCCCCCCCCCCCCCC[NH3+].COCC[NH3+]. The van der Waals surface area contributed by atoms with Crippen LogP contribution in [0.5, 0.6) is 0 Å². The maximum atomic E-state index is 10.1. The van der Waals surface area contributed by atoms with E-state index in [-0.39, 0.29) is 0 Å². The predicted molar refractivity (Wildman–Crippen MR) is 316 cm³/mol. The van der Waals surface area contributed by atoms with Gasteiger partial charge in [-0.2, -0.15) is 0 Å². The molecule has 0 aromatic carbocycles. The number of carbonyl (C=O) groups excluding carboxylic acids is 3. The van der Waals surface area contributed by atoms with Gasteiger partial charge in [-0.3, -0.25) is 0 Å². The van der Waals surface area contributed by atoms with Gasteiger partial charge in [0.25, 0.3) is 0 Å². The van der Waals surface area contributed by atoms with E-state index in [9.17, 15) is 29.7 Å². The fourth-order valence-electron chi connectivity index (χ4n) is 8.26. The number of rotatable bonds is 46. The van der Waals surface area contributed by atoms with Crippen molar-refractivity contribution in [2.24, 2.45) is 11.8 Å². The Hall–Kier alpha value is -2.35. The van der Waals surface area contributed by atoms with E-state index >= 15 is 0 Å². The predicted octanol–water partition coefficient (Wildman–Crippen LogP) is 11.8. The fraction of sp³-hybridized carbons (Fsp3) is 0.952. The molecule has 0 aliphatic heterocycles. The zero-order valence-electron chi connectivity index (χ0n) is 52.2. The van der Waals surface area contributed by atoms with Gasteiger partial charge in [0.2, 0.25) is 0 Å². The Morgan fingerprint density at radius 2 is 0.720 bits per heavy atom. The van der Waals surface area contributed by atoms with Gasteiger partial charge in [-0.05, 0) is 65.2 Å². The Bertz CT molecular complexity index is 1030. The van der Waals surface area contributed by atoms with Gasteiger partial charge in [0, 0.05) is 31.7 Å². The molecule has 2 unspecified atom stereocenters. The molecule has 0 radical (unpaired) electrons. The number of amides is 3. The van der Waals surface area contributed by atoms with Crippen LogP contribution >= 0.6 is 0 Å². The molecule has 13 heteroatoms. The molecule has 0 saturated heterocycles. The Kier molecular flexibility index (Phi) is 85.0. The summed E-state index contributed by atoms with van der Waals surface area (Å²) in [4.78, 5) is 30.0. The quantitative estimate of drug-likeness (QED) is 0.0321. The first-order valence-electron chi connectivity index (χ1n) is 31.8. The third-order valence-electron chi connectivity index (χ3n) is 13.3. The van der Waals surface area contributed by atoms with Crippen molar-refractivity contribution in [3.8, 4) is 0 Å². The molecule has 0 aliphatic carbocycles. The molecule has 0 saturated carbocycles. The summed E-state index contributed by atoms with van der Waals surface area (Å²) >= 11 is 0. The number of ether oxygens (including phenoxy) is 1. The van der Waals surface area contributed by atoms with Crippen molar-refractivity contribution in [3.05, 3.63) is 0 Å². The number of hydrogen-bond acceptors (Lipinski definition) is 7. The Morgan fingerprint density at radius 3 is 0.933 bits per heavy atom. The number of nitrogens with one attached hydrogen (secondary N) is 3. The van der Waals surface area contributed by atoms with Crippen LogP contribution in [0.4, 0.5) is 14.4 Å². The summed E-state index contributed by atoms with van der Waals surface area (Å²) < 4.78 is 4.63. The maximum absolute atomic E-state index is 10.1. The highest BCUT2D eigenvalue weighted by Gasteiger charge is 2.07. The summed E-state index contributed by atoms with van der Waals surface area (Å²) in [6.45, 7) is 23.5. The summed E-state index contributed by atoms with van der Waals surface area (Å²) in [6, 6.07) is 0. The van der Waals surface area contributed by atoms with Crippen molar-refractivity contribution < 1.29 is 51.6 Å². The van der Waals surface area contributed by atoms with Crippen LogP contribution in [0, 0.1) is 11.8 Å². The van der Waals surface area contributed by atoms with E-state index < -0.39 is 23.8 Å². The van der Waals surface area contributed by atoms with Crippen LogP contribution in [-0.2, 0) is 4.74 Å². The number of carbonyl (C=O) groups is 3. The van der Waals surface area contributed by atoms with E-state index in [2.05, 4.69) is 79.4 Å². The Balaban J connectivity index is -0.000000203. The second kappa shape index (κ2) is 75.9. The molecule has 0 fully saturated rings. The maximum Gasteiger partial charge on any atom is 0.134 e. The highest BCUT2D eigenvalue weighted by atomic mass is 16.5. The Morgan fingerprint density at radius 1 is 0.413 bits per heavy atom. The van der Waals surface area contributed by atoms with E-state index in [0.29, 0.717) is 19.0 Å². The van der Waals surface area contributed by atoms with E-state index in [4.69, 9.17) is 0 Å². The average Bonchev–Trinajstić information content (AvgIpc) is 3.37. The minimum absolute atomic E-state index is 0.390. The zero-order chi connectivity index (χ0) is 57.7. The van der Waals surface area contributed by atoms with Crippen LogP contribution < -0.4 is 48.5 Å². The number of quaternary nitrogens is 3. The van der Waals surface area contributed by atoms with E-state index in [1.54, 1.807) is 27.9 Å². The van der Waals surface area contributed by atoms with Gasteiger partial charge in [-0.1, -0.05) is 260 Å². The van der Waals surface area contributed by atoms with Gasteiger partial charge in [0.1, 0.15) is 18.3 Å². The normalized spacial score (nSPS) is 11.3. The van der Waals surface area contributed by atoms with Gasteiger partial charge in [-0.25, -0.2) is 0 Å². The molecule has 0 spiro atoms. The second-order valence-electron chi connectivity index (χ2n) is 22.0. The molecule has 0 bridgehead atoms. The van der Waals surface area contributed by atoms with Gasteiger partial charge < -0.3 is 67.6 Å². The second-order valence-corrected chi connectivity index (χ2v) is 22.0. The van der Waals surface area contributed by atoms with Crippen molar-refractivity contribution in [2.45, 2.75) is 325 Å². The zero-order valence-corrected chi connectivity index (χ0v) is 52.2. The third-order valence-corrected chi connectivity index (χ3v) is 13.3. The van der Waals surface area contributed by atoms with Crippen molar-refractivity contribution >= 4 is 18.3 Å². The largest absolute Gasteiger partial charge is 0.530 e. The van der Waals surface area contributed by atoms with Crippen LogP contribution in [0.15, 0.2) is 0 Å². The molecular weight excluding hydrogens is 941 g/mol. The van der Waals surface area contributed by atoms with Crippen molar-refractivity contribution in [3.63, 3.8) is 0 Å². The van der Waals surface area contributed by atoms with Crippen LogP contribution in [-0.4, -0.2) is 70.3 Å². The summed E-state index contributed by atoms with van der Waals surface area (Å²) in [5.74, 6) is 1.37. The number of methoxy groups -OCH3 is 1. The molecule has 13 nitrogen and oxygen atoms in total. The third kappa shape index (κ3) is 101. The minimum Gasteiger partial charge on any atom is -0.530 e. The molecule has 3 amide bonds. The van der Waals surface area contributed by atoms with Crippen LogP contribution in [0.25, 0.3) is 0 Å². The first-order valence-corrected chi connectivity index (χ1v) is 31.8. The highest BCUT2D eigenvalue weighted by molar-refractivity contribution is 5.63. The molecule has 0 heterocycles. The first kappa shape index (κ1) is 84.0. The van der Waals surface area contributed by atoms with Crippen molar-refractivity contribution in [1.29, 1.82) is 0 Å². The summed E-state index contributed by atoms with van der Waals surface area (Å²) in [7, 11) is 1.67. The summed E-state index contributed by atoms with van der Waals surface area (Å²) in [5, 5.41) is 36.8. The molecule has 12 N–H and O–H groups in total. The van der Waals surface area contributed by atoms with E-state index in [1.807, 2.05) is 0 Å². The monoisotopic (exact) mass is 1080 g/mol. The summed E-state index contributed by atoms with van der Waals surface area (Å²) in [5.41, 5.74) is 11.0. The van der Waals surface area contributed by atoms with Crippen LogP contribution in [0.1, 0.15) is 319 Å². The minimum atomic E-state index is -1.22. The lowest BCUT2D eigenvalue weighted by molar-refractivity contribution is -0.379. The topological polar surface area (TPSA) is 249 Å². The lowest BCUT2D eigenvalue weighted by atomic mass is 10.00. The molecule has 0 aromatic heterocycles. The lowest BCUT2D eigenvalue weighted by Gasteiger charge is -2.21. The number of carboxylic acid groups (broad SMARTS) is 3. The molecule has 2 atom stereocenters. The standard InChI is InChI=1S/C19H39NO2.C18H39N.C9H19NO2.C8H19N.C5H11NO2.C3H9NO/c1-2-3-4-5-6-7-8-9-10-11-12-13-14-15-16-17-18-20-19(21)22;1-2-3-4-5-6-7-8-9-10-11-12-13-14-15-16-17-18-19;1-3-5-6-8(4-2)7-10-9(11)12;1-3-5-6-8(4-2)7-9;1-5(2,3)6-4(7)8;1-5-3-2-4/h20H,2-18H2,1H3,(H,21,22);2-19H2,1H3;8,10H,3-7H2,1-2H3,(H,11,12);8H,3-7,9H2,1-2H3;6H,1-3H3,(H,7,8);2-4H2,1H3. The molecule has 456 valence electrons.